The van der Waals surface area contributed by atoms with Gasteiger partial charge in [-0.15, -0.1) is 0 Å². The summed E-state index contributed by atoms with van der Waals surface area (Å²) >= 11 is 0. The van der Waals surface area contributed by atoms with Gasteiger partial charge in [-0.05, 0) is 48.0 Å². The standard InChI is InChI=1S/C21H18O7/c1-2-20(24)27-14-13-26-17-10-6-16(7-11-17)21(25)28-18-8-3-15(4-9-18)5-12-19(22)23/h2-12H,1,13-14H2,(H,22,23)/b12-5+. The van der Waals surface area contributed by atoms with Crippen LogP contribution in [-0.2, 0) is 14.3 Å². The molecule has 2 rings (SSSR count). The van der Waals surface area contributed by atoms with Gasteiger partial charge in [-0.25, -0.2) is 14.4 Å². The highest BCUT2D eigenvalue weighted by Crippen LogP contribution is 2.17. The maximum Gasteiger partial charge on any atom is 0.343 e. The Balaban J connectivity index is 1.86. The quantitative estimate of drug-likeness (QED) is 0.308. The van der Waals surface area contributed by atoms with Crippen LogP contribution in [0.2, 0.25) is 0 Å². The molecule has 0 unspecified atom stereocenters. The minimum atomic E-state index is -1.04. The lowest BCUT2D eigenvalue weighted by molar-refractivity contribution is -0.138. The monoisotopic (exact) mass is 382 g/mol. The maximum absolute atomic E-state index is 12.2. The van der Waals surface area contributed by atoms with Gasteiger partial charge in [-0.2, -0.15) is 0 Å². The average molecular weight is 382 g/mol. The Labute approximate surface area is 161 Å². The largest absolute Gasteiger partial charge is 0.490 e. The number of hydrogen-bond donors (Lipinski definition) is 1. The van der Waals surface area contributed by atoms with E-state index in [0.717, 1.165) is 12.2 Å². The molecule has 0 radical (unpaired) electrons. The van der Waals surface area contributed by atoms with E-state index in [1.165, 1.54) is 6.08 Å². The number of carbonyl (C=O) groups is 3. The lowest BCUT2D eigenvalue weighted by atomic mass is 10.2. The summed E-state index contributed by atoms with van der Waals surface area (Å²) in [4.78, 5) is 33.6. The van der Waals surface area contributed by atoms with Crippen molar-refractivity contribution in [2.24, 2.45) is 0 Å². The van der Waals surface area contributed by atoms with E-state index in [1.807, 2.05) is 0 Å². The van der Waals surface area contributed by atoms with E-state index >= 15 is 0 Å². The molecule has 0 aromatic heterocycles. The third-order valence-corrected chi connectivity index (χ3v) is 3.36. The molecule has 144 valence electrons. The molecule has 0 spiro atoms. The molecule has 1 N–H and O–H groups in total. The highest BCUT2D eigenvalue weighted by atomic mass is 16.6. The van der Waals surface area contributed by atoms with Crippen molar-refractivity contribution in [1.29, 1.82) is 0 Å². The van der Waals surface area contributed by atoms with Crippen molar-refractivity contribution in [2.45, 2.75) is 0 Å². The summed E-state index contributed by atoms with van der Waals surface area (Å²) in [6.45, 7) is 3.55. The minimum Gasteiger partial charge on any atom is -0.490 e. The molecule has 0 amide bonds. The number of esters is 2. The lowest BCUT2D eigenvalue weighted by Crippen LogP contribution is -2.11. The number of aliphatic carboxylic acids is 1. The number of carboxylic acids is 1. The summed E-state index contributed by atoms with van der Waals surface area (Å²) in [5, 5.41) is 8.60. The fourth-order valence-corrected chi connectivity index (χ4v) is 2.03. The van der Waals surface area contributed by atoms with E-state index < -0.39 is 17.9 Å². The highest BCUT2D eigenvalue weighted by molar-refractivity contribution is 5.91. The van der Waals surface area contributed by atoms with Crippen LogP contribution in [0.1, 0.15) is 15.9 Å². The summed E-state index contributed by atoms with van der Waals surface area (Å²) in [6, 6.07) is 12.7. The molecule has 2 aromatic rings. The Morgan fingerprint density at radius 3 is 2.18 bits per heavy atom. The third kappa shape index (κ3) is 6.80. The van der Waals surface area contributed by atoms with Crippen molar-refractivity contribution in [3.05, 3.63) is 78.4 Å². The number of rotatable bonds is 9. The van der Waals surface area contributed by atoms with Gasteiger partial charge in [0.2, 0.25) is 0 Å². The average Bonchev–Trinajstić information content (AvgIpc) is 2.70. The Hall–Kier alpha value is -3.87. The Morgan fingerprint density at radius 2 is 1.57 bits per heavy atom. The van der Waals surface area contributed by atoms with E-state index in [1.54, 1.807) is 48.5 Å². The van der Waals surface area contributed by atoms with E-state index in [2.05, 4.69) is 6.58 Å². The summed E-state index contributed by atoms with van der Waals surface area (Å²) < 4.78 is 15.5. The molecule has 0 saturated heterocycles. The molecule has 0 aliphatic heterocycles. The van der Waals surface area contributed by atoms with Gasteiger partial charge in [0.25, 0.3) is 0 Å². The van der Waals surface area contributed by atoms with Gasteiger partial charge in [0.1, 0.15) is 24.7 Å². The first-order valence-electron chi connectivity index (χ1n) is 8.23. The second-order valence-corrected chi connectivity index (χ2v) is 5.37. The molecule has 2 aromatic carbocycles. The predicted octanol–water partition coefficient (Wildman–Crippen LogP) is 3.11. The molecule has 7 heteroatoms. The van der Waals surface area contributed by atoms with E-state index in [-0.39, 0.29) is 13.2 Å². The second-order valence-electron chi connectivity index (χ2n) is 5.37. The molecule has 0 saturated carbocycles. The maximum atomic E-state index is 12.2. The first-order chi connectivity index (χ1) is 13.5. The summed E-state index contributed by atoms with van der Waals surface area (Å²) in [6.07, 6.45) is 3.53. The zero-order valence-corrected chi connectivity index (χ0v) is 14.9. The molecule has 0 aliphatic rings. The lowest BCUT2D eigenvalue weighted by Gasteiger charge is -2.08. The number of hydrogen-bond acceptors (Lipinski definition) is 6. The van der Waals surface area contributed by atoms with Crippen LogP contribution in [0, 0.1) is 0 Å². The topological polar surface area (TPSA) is 99.1 Å². The Kier molecular flexibility index (Phi) is 7.53. The Bertz CT molecular complexity index is 865. The van der Waals surface area contributed by atoms with Gasteiger partial charge in [-0.3, -0.25) is 0 Å². The summed E-state index contributed by atoms with van der Waals surface area (Å²) in [5.74, 6) is -1.25. The van der Waals surface area contributed by atoms with Crippen LogP contribution in [0.25, 0.3) is 6.08 Å². The Morgan fingerprint density at radius 1 is 0.929 bits per heavy atom. The molecule has 0 fully saturated rings. The van der Waals surface area contributed by atoms with Crippen LogP contribution >= 0.6 is 0 Å². The predicted molar refractivity (Wildman–Crippen MR) is 101 cm³/mol. The van der Waals surface area contributed by atoms with Crippen molar-refractivity contribution in [1.82, 2.24) is 0 Å². The van der Waals surface area contributed by atoms with E-state index in [4.69, 9.17) is 19.3 Å². The molecule has 7 nitrogen and oxygen atoms in total. The van der Waals surface area contributed by atoms with Gasteiger partial charge in [-0.1, -0.05) is 18.7 Å². The number of carboxylic acid groups (broad SMARTS) is 1. The zero-order chi connectivity index (χ0) is 20.4. The van der Waals surface area contributed by atoms with Gasteiger partial charge in [0.15, 0.2) is 0 Å². The van der Waals surface area contributed by atoms with Gasteiger partial charge in [0.05, 0.1) is 5.56 Å². The molecular formula is C21H18O7. The zero-order valence-electron chi connectivity index (χ0n) is 14.9. The summed E-state index contributed by atoms with van der Waals surface area (Å²) in [7, 11) is 0. The van der Waals surface area contributed by atoms with Crippen molar-refractivity contribution < 1.29 is 33.7 Å². The first kappa shape index (κ1) is 20.4. The van der Waals surface area contributed by atoms with Crippen LogP contribution in [0.15, 0.2) is 67.3 Å². The molecular weight excluding hydrogens is 364 g/mol. The smallest absolute Gasteiger partial charge is 0.343 e. The normalized spacial score (nSPS) is 10.3. The molecule has 0 atom stereocenters. The molecule has 0 aliphatic carbocycles. The van der Waals surface area contributed by atoms with Crippen LogP contribution in [-0.4, -0.2) is 36.2 Å². The summed E-state index contributed by atoms with van der Waals surface area (Å²) in [5.41, 5.74) is 1.00. The molecule has 0 heterocycles. The fourth-order valence-electron chi connectivity index (χ4n) is 2.03. The SMILES string of the molecule is C=CC(=O)OCCOc1ccc(C(=O)Oc2ccc(/C=C/C(=O)O)cc2)cc1. The van der Waals surface area contributed by atoms with Gasteiger partial charge in [0, 0.05) is 12.2 Å². The van der Waals surface area contributed by atoms with Gasteiger partial charge < -0.3 is 19.3 Å². The van der Waals surface area contributed by atoms with Crippen LogP contribution in [0.4, 0.5) is 0 Å². The van der Waals surface area contributed by atoms with E-state index in [9.17, 15) is 14.4 Å². The van der Waals surface area contributed by atoms with Crippen molar-refractivity contribution >= 4 is 24.0 Å². The van der Waals surface area contributed by atoms with Crippen LogP contribution in [0.3, 0.4) is 0 Å². The number of carbonyl (C=O) groups excluding carboxylic acids is 2. The van der Waals surface area contributed by atoms with Crippen molar-refractivity contribution in [3.8, 4) is 11.5 Å². The van der Waals surface area contributed by atoms with Crippen molar-refractivity contribution in [3.63, 3.8) is 0 Å². The fraction of sp³-hybridized carbons (Fsp3) is 0.0952. The number of ether oxygens (including phenoxy) is 3. The van der Waals surface area contributed by atoms with E-state index in [0.29, 0.717) is 22.6 Å². The first-order valence-corrected chi connectivity index (χ1v) is 8.23. The minimum absolute atomic E-state index is 0.0896. The van der Waals surface area contributed by atoms with Crippen LogP contribution < -0.4 is 9.47 Å². The van der Waals surface area contributed by atoms with Crippen LogP contribution in [0.5, 0.6) is 11.5 Å². The molecule has 0 bridgehead atoms. The highest BCUT2D eigenvalue weighted by Gasteiger charge is 2.09. The number of benzene rings is 2. The second kappa shape index (κ2) is 10.3. The van der Waals surface area contributed by atoms with Gasteiger partial charge >= 0.3 is 17.9 Å². The van der Waals surface area contributed by atoms with Crippen molar-refractivity contribution in [2.75, 3.05) is 13.2 Å². The third-order valence-electron chi connectivity index (χ3n) is 3.36. The molecule has 28 heavy (non-hydrogen) atoms.